The molecule has 4 nitrogen and oxygen atoms in total. The minimum absolute atomic E-state index is 0.0381. The lowest BCUT2D eigenvalue weighted by atomic mass is 10.1. The minimum Gasteiger partial charge on any atom is -0.396 e. The molecule has 20 heavy (non-hydrogen) atoms. The van der Waals surface area contributed by atoms with E-state index in [-0.39, 0.29) is 24.6 Å². The summed E-state index contributed by atoms with van der Waals surface area (Å²) in [7, 11) is 0. The average Bonchev–Trinajstić information content (AvgIpc) is 2.47. The van der Waals surface area contributed by atoms with E-state index in [1.54, 1.807) is 0 Å². The molecule has 0 aliphatic rings. The number of hydrogen-bond donors (Lipinski definition) is 3. The maximum absolute atomic E-state index is 11.7. The van der Waals surface area contributed by atoms with E-state index in [1.165, 1.54) is 11.1 Å². The Morgan fingerprint density at radius 3 is 2.35 bits per heavy atom. The third-order valence-electron chi connectivity index (χ3n) is 3.63. The van der Waals surface area contributed by atoms with Crippen molar-refractivity contribution < 1.29 is 9.90 Å². The van der Waals surface area contributed by atoms with Crippen LogP contribution in [-0.2, 0) is 12.8 Å². The lowest BCUT2D eigenvalue weighted by Crippen LogP contribution is -2.44. The molecule has 2 amide bonds. The Balaban J connectivity index is 2.27. The largest absolute Gasteiger partial charge is 0.396 e. The first-order valence-electron chi connectivity index (χ1n) is 7.29. The third kappa shape index (κ3) is 5.61. The SMILES string of the molecule is CCc1ccc(CCNC(=O)NC(C)C(C)CO)cc1. The number of amides is 2. The first kappa shape index (κ1) is 16.5. The Labute approximate surface area is 121 Å². The van der Waals surface area contributed by atoms with Crippen molar-refractivity contribution in [3.05, 3.63) is 35.4 Å². The minimum atomic E-state index is -0.178. The van der Waals surface area contributed by atoms with Crippen LogP contribution in [0.15, 0.2) is 24.3 Å². The molecule has 1 aromatic rings. The molecule has 4 heteroatoms. The monoisotopic (exact) mass is 278 g/mol. The van der Waals surface area contributed by atoms with Crippen molar-refractivity contribution in [2.24, 2.45) is 5.92 Å². The summed E-state index contributed by atoms with van der Waals surface area (Å²) in [6.07, 6.45) is 1.86. The number of urea groups is 1. The smallest absolute Gasteiger partial charge is 0.315 e. The van der Waals surface area contributed by atoms with Gasteiger partial charge in [0.15, 0.2) is 0 Å². The van der Waals surface area contributed by atoms with Gasteiger partial charge in [0.05, 0.1) is 0 Å². The number of aliphatic hydroxyl groups is 1. The Bertz CT molecular complexity index is 403. The number of carbonyl (C=O) groups is 1. The van der Waals surface area contributed by atoms with E-state index < -0.39 is 0 Å². The first-order chi connectivity index (χ1) is 9.56. The molecule has 0 aliphatic carbocycles. The van der Waals surface area contributed by atoms with Crippen molar-refractivity contribution in [3.63, 3.8) is 0 Å². The van der Waals surface area contributed by atoms with Crippen LogP contribution in [-0.4, -0.2) is 30.3 Å². The van der Waals surface area contributed by atoms with Crippen molar-refractivity contribution in [2.75, 3.05) is 13.2 Å². The molecule has 0 fully saturated rings. The fourth-order valence-electron chi connectivity index (χ4n) is 1.82. The molecule has 1 rings (SSSR count). The molecule has 112 valence electrons. The summed E-state index contributed by atoms with van der Waals surface area (Å²) in [6, 6.07) is 8.25. The highest BCUT2D eigenvalue weighted by Crippen LogP contribution is 2.05. The lowest BCUT2D eigenvalue weighted by molar-refractivity contribution is 0.200. The highest BCUT2D eigenvalue weighted by molar-refractivity contribution is 5.74. The van der Waals surface area contributed by atoms with Crippen LogP contribution in [0.5, 0.6) is 0 Å². The van der Waals surface area contributed by atoms with Crippen molar-refractivity contribution in [3.8, 4) is 0 Å². The topological polar surface area (TPSA) is 61.4 Å². The van der Waals surface area contributed by atoms with Gasteiger partial charge in [0.1, 0.15) is 0 Å². The number of nitrogens with one attached hydrogen (secondary N) is 2. The van der Waals surface area contributed by atoms with Gasteiger partial charge >= 0.3 is 6.03 Å². The Hall–Kier alpha value is -1.55. The van der Waals surface area contributed by atoms with Crippen LogP contribution in [0.25, 0.3) is 0 Å². The summed E-state index contributed by atoms with van der Waals surface area (Å²) in [5, 5.41) is 14.7. The van der Waals surface area contributed by atoms with Gasteiger partial charge in [-0.1, -0.05) is 38.1 Å². The maximum atomic E-state index is 11.7. The van der Waals surface area contributed by atoms with E-state index in [2.05, 4.69) is 41.8 Å². The molecule has 1 aromatic carbocycles. The zero-order valence-electron chi connectivity index (χ0n) is 12.6. The molecule has 0 saturated carbocycles. The van der Waals surface area contributed by atoms with Gasteiger partial charge in [0.2, 0.25) is 0 Å². The highest BCUT2D eigenvalue weighted by Gasteiger charge is 2.13. The molecule has 2 atom stereocenters. The molecule has 2 unspecified atom stereocenters. The Morgan fingerprint density at radius 1 is 1.20 bits per heavy atom. The van der Waals surface area contributed by atoms with E-state index in [1.807, 2.05) is 13.8 Å². The van der Waals surface area contributed by atoms with Crippen LogP contribution >= 0.6 is 0 Å². The van der Waals surface area contributed by atoms with Crippen molar-refractivity contribution in [1.29, 1.82) is 0 Å². The predicted molar refractivity (Wildman–Crippen MR) is 81.8 cm³/mol. The molecule has 0 bridgehead atoms. The van der Waals surface area contributed by atoms with Gasteiger partial charge in [0, 0.05) is 19.2 Å². The molecule has 0 radical (unpaired) electrons. The number of benzene rings is 1. The molecule has 0 spiro atoms. The van der Waals surface area contributed by atoms with E-state index >= 15 is 0 Å². The van der Waals surface area contributed by atoms with Gasteiger partial charge in [-0.05, 0) is 36.8 Å². The highest BCUT2D eigenvalue weighted by atomic mass is 16.3. The van der Waals surface area contributed by atoms with E-state index in [4.69, 9.17) is 5.11 Å². The second-order valence-corrected chi connectivity index (χ2v) is 5.27. The number of aryl methyl sites for hydroxylation is 1. The van der Waals surface area contributed by atoms with Crippen LogP contribution in [0, 0.1) is 5.92 Å². The summed E-state index contributed by atoms with van der Waals surface area (Å²) in [6.45, 7) is 6.61. The van der Waals surface area contributed by atoms with Crippen molar-refractivity contribution in [1.82, 2.24) is 10.6 Å². The number of aliphatic hydroxyl groups excluding tert-OH is 1. The zero-order chi connectivity index (χ0) is 15.0. The molecule has 0 aliphatic heterocycles. The summed E-state index contributed by atoms with van der Waals surface area (Å²) >= 11 is 0. The predicted octanol–water partition coefficient (Wildman–Crippen LogP) is 2.11. The fraction of sp³-hybridized carbons (Fsp3) is 0.562. The number of rotatable bonds is 7. The van der Waals surface area contributed by atoms with Gasteiger partial charge in [0.25, 0.3) is 0 Å². The van der Waals surface area contributed by atoms with Crippen LogP contribution in [0.3, 0.4) is 0 Å². The van der Waals surface area contributed by atoms with Crippen LogP contribution in [0.4, 0.5) is 4.79 Å². The standard InChI is InChI=1S/C16H26N2O2/c1-4-14-5-7-15(8-6-14)9-10-17-16(20)18-13(3)12(2)11-19/h5-8,12-13,19H,4,9-11H2,1-3H3,(H2,17,18,20). The second-order valence-electron chi connectivity index (χ2n) is 5.27. The van der Waals surface area contributed by atoms with Gasteiger partial charge in [-0.15, -0.1) is 0 Å². The van der Waals surface area contributed by atoms with Gasteiger partial charge < -0.3 is 15.7 Å². The van der Waals surface area contributed by atoms with Crippen LogP contribution < -0.4 is 10.6 Å². The maximum Gasteiger partial charge on any atom is 0.315 e. The van der Waals surface area contributed by atoms with E-state index in [9.17, 15) is 4.79 Å². The molecular formula is C16H26N2O2. The average molecular weight is 278 g/mol. The summed E-state index contributed by atoms with van der Waals surface area (Å²) < 4.78 is 0. The quantitative estimate of drug-likeness (QED) is 0.715. The fourth-order valence-corrected chi connectivity index (χ4v) is 1.82. The zero-order valence-corrected chi connectivity index (χ0v) is 12.6. The molecule has 0 heterocycles. The number of carbonyl (C=O) groups excluding carboxylic acids is 1. The number of hydrogen-bond acceptors (Lipinski definition) is 2. The molecule has 0 saturated heterocycles. The van der Waals surface area contributed by atoms with Crippen LogP contribution in [0.2, 0.25) is 0 Å². The van der Waals surface area contributed by atoms with Gasteiger partial charge in [-0.2, -0.15) is 0 Å². The molecule has 3 N–H and O–H groups in total. The first-order valence-corrected chi connectivity index (χ1v) is 7.29. The van der Waals surface area contributed by atoms with Crippen molar-refractivity contribution >= 4 is 6.03 Å². The van der Waals surface area contributed by atoms with Crippen LogP contribution in [0.1, 0.15) is 31.9 Å². The van der Waals surface area contributed by atoms with E-state index in [0.717, 1.165) is 12.8 Å². The Kier molecular flexibility index (Phi) is 7.09. The third-order valence-corrected chi connectivity index (χ3v) is 3.63. The summed E-state index contributed by atoms with van der Waals surface area (Å²) in [5.74, 6) is 0.0577. The lowest BCUT2D eigenvalue weighted by Gasteiger charge is -2.19. The van der Waals surface area contributed by atoms with Gasteiger partial charge in [-0.25, -0.2) is 4.79 Å². The Morgan fingerprint density at radius 2 is 1.80 bits per heavy atom. The van der Waals surface area contributed by atoms with Crippen molar-refractivity contribution in [2.45, 2.75) is 39.7 Å². The second kappa shape index (κ2) is 8.59. The molecular weight excluding hydrogens is 252 g/mol. The summed E-state index contributed by atoms with van der Waals surface area (Å²) in [4.78, 5) is 11.7. The van der Waals surface area contributed by atoms with Gasteiger partial charge in [-0.3, -0.25) is 0 Å². The normalized spacial score (nSPS) is 13.6. The molecule has 0 aromatic heterocycles. The van der Waals surface area contributed by atoms with E-state index in [0.29, 0.717) is 6.54 Å². The summed E-state index contributed by atoms with van der Waals surface area (Å²) in [5.41, 5.74) is 2.55.